The Labute approximate surface area is 269 Å². The Balaban J connectivity index is 1.31. The van der Waals surface area contributed by atoms with Gasteiger partial charge in [-0.15, -0.1) is 0 Å². The molecule has 11 heteroatoms. The number of rotatable bonds is 10. The molecule has 46 heavy (non-hydrogen) atoms. The molecule has 0 fully saturated rings. The topological polar surface area (TPSA) is 125 Å². The van der Waals surface area contributed by atoms with E-state index in [0.29, 0.717) is 48.6 Å². The van der Waals surface area contributed by atoms with Gasteiger partial charge in [0.15, 0.2) is 0 Å². The zero-order valence-corrected chi connectivity index (χ0v) is 27.0. The van der Waals surface area contributed by atoms with E-state index in [9.17, 15) is 9.59 Å². The minimum Gasteiger partial charge on any atom is -0.475 e. The fraction of sp³-hybridized carbons (Fsp3) is 0.314. The summed E-state index contributed by atoms with van der Waals surface area (Å²) in [7, 11) is 1.85. The Bertz CT molecular complexity index is 1740. The normalized spacial score (nSPS) is 16.1. The highest BCUT2D eigenvalue weighted by Gasteiger charge is 2.28. The van der Waals surface area contributed by atoms with Gasteiger partial charge >= 0.3 is 0 Å². The first-order chi connectivity index (χ1) is 22.0. The number of pyridine rings is 1. The largest absolute Gasteiger partial charge is 0.475 e. The van der Waals surface area contributed by atoms with Gasteiger partial charge in [0, 0.05) is 47.9 Å². The lowest BCUT2D eigenvalue weighted by Crippen LogP contribution is -2.35. The number of carbonyl (C=O) groups is 2. The van der Waals surface area contributed by atoms with Crippen molar-refractivity contribution in [3.8, 4) is 0 Å². The van der Waals surface area contributed by atoms with E-state index in [4.69, 9.17) is 9.72 Å². The molecule has 2 aliphatic rings. The predicted molar refractivity (Wildman–Crippen MR) is 181 cm³/mol. The molecule has 0 bridgehead atoms. The van der Waals surface area contributed by atoms with E-state index < -0.39 is 0 Å². The van der Waals surface area contributed by atoms with Gasteiger partial charge in [-0.3, -0.25) is 14.6 Å². The lowest BCUT2D eigenvalue weighted by molar-refractivity contribution is -0.130. The molecular weight excluding hydrogens is 580 g/mol. The second kappa shape index (κ2) is 13.8. The van der Waals surface area contributed by atoms with Crippen LogP contribution < -0.4 is 15.5 Å². The van der Waals surface area contributed by atoms with Crippen molar-refractivity contribution >= 4 is 35.2 Å². The highest BCUT2D eigenvalue weighted by molar-refractivity contribution is 6.06. The number of allylic oxidation sites excluding steroid dienone is 4. The maximum absolute atomic E-state index is 13.4. The summed E-state index contributed by atoms with van der Waals surface area (Å²) in [6, 6.07) is 9.06. The first-order valence-corrected chi connectivity index (χ1v) is 15.3. The number of benzene rings is 1. The lowest BCUT2D eigenvalue weighted by Gasteiger charge is -2.22. The number of fused-ring (bicyclic) bond motifs is 1. The average Bonchev–Trinajstić information content (AvgIpc) is 3.35. The molecule has 2 N–H and O–H groups in total. The van der Waals surface area contributed by atoms with E-state index in [1.807, 2.05) is 69.1 Å². The molecule has 0 saturated carbocycles. The number of likely N-dealkylation sites (N-methyl/N-ethyl adjacent to an activating group) is 1. The van der Waals surface area contributed by atoms with E-state index in [-0.39, 0.29) is 23.9 Å². The van der Waals surface area contributed by atoms with Crippen molar-refractivity contribution in [3.63, 3.8) is 0 Å². The van der Waals surface area contributed by atoms with Gasteiger partial charge < -0.3 is 25.2 Å². The number of anilines is 3. The van der Waals surface area contributed by atoms with Crippen molar-refractivity contribution in [3.05, 3.63) is 107 Å². The van der Waals surface area contributed by atoms with Crippen LogP contribution in [0.15, 0.2) is 84.3 Å². The Morgan fingerprint density at radius 2 is 1.98 bits per heavy atom. The van der Waals surface area contributed by atoms with Gasteiger partial charge in [-0.2, -0.15) is 4.98 Å². The molecule has 4 heterocycles. The lowest BCUT2D eigenvalue weighted by atomic mass is 10.1. The van der Waals surface area contributed by atoms with Crippen LogP contribution in [0.4, 0.5) is 17.5 Å². The Morgan fingerprint density at radius 3 is 2.72 bits per heavy atom. The molecule has 2 aliphatic heterocycles. The van der Waals surface area contributed by atoms with E-state index in [1.165, 1.54) is 0 Å². The van der Waals surface area contributed by atoms with Crippen LogP contribution in [-0.2, 0) is 22.6 Å². The van der Waals surface area contributed by atoms with Crippen LogP contribution in [0.3, 0.4) is 0 Å². The first kappa shape index (κ1) is 32.1. The zero-order chi connectivity index (χ0) is 32.8. The van der Waals surface area contributed by atoms with Gasteiger partial charge in [-0.1, -0.05) is 31.7 Å². The molecule has 5 rings (SSSR count). The summed E-state index contributed by atoms with van der Waals surface area (Å²) < 4.78 is 5.75. The summed E-state index contributed by atoms with van der Waals surface area (Å²) in [6.07, 6.45) is 11.8. The summed E-state index contributed by atoms with van der Waals surface area (Å²) in [5.74, 6) is 1.31. The van der Waals surface area contributed by atoms with Gasteiger partial charge in [-0.05, 0) is 69.2 Å². The molecule has 2 amide bonds. The minimum absolute atomic E-state index is 0.0565. The maximum Gasteiger partial charge on any atom is 0.255 e. The Hall–Kier alpha value is -5.32. The van der Waals surface area contributed by atoms with Crippen LogP contribution in [0.5, 0.6) is 0 Å². The van der Waals surface area contributed by atoms with Gasteiger partial charge in [-0.25, -0.2) is 9.98 Å². The number of nitrogens with zero attached hydrogens (tertiary/aromatic N) is 6. The number of amides is 2. The number of aromatic nitrogens is 3. The number of aryl methyl sites for hydroxylation is 1. The SMILES string of the molecule is C=C/C=C(\C=C/CC)Nc1ncc2c(n1)N(C)CC(=O)N(Cc1cc(NC(=O)c3cccc(C4=NC(C)(C)CO4)c3)cnc1C)C2. The second-order valence-corrected chi connectivity index (χ2v) is 12.0. The van der Waals surface area contributed by atoms with Gasteiger partial charge in [0.05, 0.1) is 30.5 Å². The summed E-state index contributed by atoms with van der Waals surface area (Å²) >= 11 is 0. The quantitative estimate of drug-likeness (QED) is 0.288. The van der Waals surface area contributed by atoms with Crippen molar-refractivity contribution in [1.29, 1.82) is 0 Å². The summed E-state index contributed by atoms with van der Waals surface area (Å²) in [5.41, 5.74) is 4.69. The average molecular weight is 621 g/mol. The van der Waals surface area contributed by atoms with Crippen LogP contribution >= 0.6 is 0 Å². The molecule has 11 nitrogen and oxygen atoms in total. The number of aliphatic imine (C=N–C) groups is 1. The van der Waals surface area contributed by atoms with E-state index in [0.717, 1.165) is 34.5 Å². The maximum atomic E-state index is 13.4. The molecule has 0 radical (unpaired) electrons. The Morgan fingerprint density at radius 1 is 1.15 bits per heavy atom. The molecule has 0 saturated heterocycles. The number of nitrogens with one attached hydrogen (secondary N) is 2. The smallest absolute Gasteiger partial charge is 0.255 e. The molecule has 0 atom stereocenters. The van der Waals surface area contributed by atoms with Gasteiger partial charge in [0.25, 0.3) is 5.91 Å². The number of carbonyl (C=O) groups excluding carboxylic acids is 2. The Kier molecular flexibility index (Phi) is 9.60. The van der Waals surface area contributed by atoms with Crippen molar-refractivity contribution in [2.75, 3.05) is 35.7 Å². The highest BCUT2D eigenvalue weighted by Crippen LogP contribution is 2.26. The highest BCUT2D eigenvalue weighted by atomic mass is 16.5. The van der Waals surface area contributed by atoms with Crippen molar-refractivity contribution in [2.45, 2.75) is 52.7 Å². The monoisotopic (exact) mass is 620 g/mol. The standard InChI is InChI=1S/C35H40N8O3/c1-7-9-14-28(11-8-2)39-34-37-17-27-20-43(30(44)21-42(6)31(27)40-34)19-26-16-29(18-36-23(26)3)38-32(45)24-12-10-13-25(15-24)33-41-35(4,5)22-46-33/h8-18H,2,7,19-22H2,1,3-6H3,(H,38,45)(H,37,39,40)/b14-9-,28-11+. The third kappa shape index (κ3) is 7.66. The molecule has 2 aromatic heterocycles. The van der Waals surface area contributed by atoms with E-state index in [2.05, 4.69) is 39.1 Å². The van der Waals surface area contributed by atoms with Crippen molar-refractivity contribution in [1.82, 2.24) is 19.9 Å². The summed E-state index contributed by atoms with van der Waals surface area (Å²) in [4.78, 5) is 48.6. The van der Waals surface area contributed by atoms with E-state index in [1.54, 1.807) is 35.5 Å². The molecule has 0 spiro atoms. The summed E-state index contributed by atoms with van der Waals surface area (Å²) in [6.45, 7) is 13.0. The number of hydrogen-bond acceptors (Lipinski definition) is 9. The van der Waals surface area contributed by atoms with Crippen molar-refractivity contribution in [2.24, 2.45) is 4.99 Å². The molecule has 0 unspecified atom stereocenters. The number of hydrogen-bond donors (Lipinski definition) is 2. The molecule has 238 valence electrons. The van der Waals surface area contributed by atoms with Gasteiger partial charge in [0.2, 0.25) is 17.8 Å². The van der Waals surface area contributed by atoms with Gasteiger partial charge in [0.1, 0.15) is 12.4 Å². The van der Waals surface area contributed by atoms with E-state index >= 15 is 0 Å². The van der Waals surface area contributed by atoms with Crippen LogP contribution in [0.2, 0.25) is 0 Å². The first-order valence-electron chi connectivity index (χ1n) is 15.3. The third-order valence-electron chi connectivity index (χ3n) is 7.53. The predicted octanol–water partition coefficient (Wildman–Crippen LogP) is 5.41. The molecule has 3 aromatic rings. The summed E-state index contributed by atoms with van der Waals surface area (Å²) in [5, 5.41) is 6.18. The molecule has 1 aromatic carbocycles. The minimum atomic E-state index is -0.296. The van der Waals surface area contributed by atoms with Crippen LogP contribution in [0, 0.1) is 6.92 Å². The van der Waals surface area contributed by atoms with Crippen LogP contribution in [0.25, 0.3) is 0 Å². The van der Waals surface area contributed by atoms with Crippen molar-refractivity contribution < 1.29 is 14.3 Å². The fourth-order valence-corrected chi connectivity index (χ4v) is 5.10. The van der Waals surface area contributed by atoms with Crippen LogP contribution in [0.1, 0.15) is 59.9 Å². The second-order valence-electron chi connectivity index (χ2n) is 12.0. The number of ether oxygens (including phenoxy) is 1. The molecular formula is C35H40N8O3. The third-order valence-corrected chi connectivity index (χ3v) is 7.53. The fourth-order valence-electron chi connectivity index (χ4n) is 5.10. The van der Waals surface area contributed by atoms with Crippen LogP contribution in [-0.4, -0.2) is 63.3 Å². The molecule has 0 aliphatic carbocycles. The zero-order valence-electron chi connectivity index (χ0n) is 27.0.